The molecule has 2 aliphatic rings. The van der Waals surface area contributed by atoms with E-state index in [1.807, 2.05) is 12.1 Å². The number of benzene rings is 3. The van der Waals surface area contributed by atoms with E-state index in [1.54, 1.807) is 50.6 Å². The van der Waals surface area contributed by atoms with E-state index in [-0.39, 0.29) is 23.9 Å². The number of hydrogen-bond acceptors (Lipinski definition) is 9. The van der Waals surface area contributed by atoms with E-state index >= 15 is 0 Å². The third kappa shape index (κ3) is 4.15. The number of ketones is 1. The van der Waals surface area contributed by atoms with E-state index in [0.717, 1.165) is 5.56 Å². The van der Waals surface area contributed by atoms with Crippen LogP contribution in [0.1, 0.15) is 39.4 Å². The molecular formula is C29H26O9. The smallest absolute Gasteiger partial charge is 0.312 e. The van der Waals surface area contributed by atoms with Crippen LogP contribution in [-0.2, 0) is 4.79 Å². The summed E-state index contributed by atoms with van der Waals surface area (Å²) in [6.45, 7) is 0. The lowest BCUT2D eigenvalue weighted by atomic mass is 9.84. The van der Waals surface area contributed by atoms with Crippen LogP contribution in [0.25, 0.3) is 6.08 Å². The molecule has 9 heteroatoms. The zero-order chi connectivity index (χ0) is 27.0. The maximum atomic E-state index is 13.4. The van der Waals surface area contributed by atoms with Crippen LogP contribution in [0.15, 0.2) is 48.2 Å². The molecule has 3 aromatic carbocycles. The second-order valence-corrected chi connectivity index (χ2v) is 8.60. The fourth-order valence-electron chi connectivity index (χ4n) is 4.80. The molecule has 2 heterocycles. The molecule has 38 heavy (non-hydrogen) atoms. The maximum absolute atomic E-state index is 13.4. The maximum Gasteiger partial charge on any atom is 0.312 e. The topological polar surface area (TPSA) is 98.8 Å². The highest BCUT2D eigenvalue weighted by atomic mass is 16.5. The van der Waals surface area contributed by atoms with Crippen molar-refractivity contribution in [1.82, 2.24) is 0 Å². The van der Waals surface area contributed by atoms with Gasteiger partial charge in [-0.3, -0.25) is 9.59 Å². The molecule has 9 nitrogen and oxygen atoms in total. The Morgan fingerprint density at radius 1 is 0.763 bits per heavy atom. The number of hydrogen-bond donors (Lipinski definition) is 0. The number of allylic oxidation sites excluding steroid dienone is 1. The first-order chi connectivity index (χ1) is 18.4. The summed E-state index contributed by atoms with van der Waals surface area (Å²) >= 11 is 0. The molecule has 0 amide bonds. The second kappa shape index (κ2) is 10.0. The molecule has 1 atom stereocenters. The van der Waals surface area contributed by atoms with Crippen molar-refractivity contribution in [2.45, 2.75) is 12.3 Å². The zero-order valence-corrected chi connectivity index (χ0v) is 21.6. The van der Waals surface area contributed by atoms with Gasteiger partial charge in [0, 0.05) is 11.5 Å². The SMILES string of the molecule is COc1ccc(C2CC(=O)Oc3ccc4c(c32)O/C(=C\c2cc(OC)c(OC)c(OC)c2)C4=O)cc1OC. The van der Waals surface area contributed by atoms with Gasteiger partial charge in [-0.1, -0.05) is 6.07 Å². The molecule has 0 radical (unpaired) electrons. The normalized spacial score (nSPS) is 16.8. The predicted octanol–water partition coefficient (Wildman–Crippen LogP) is 4.79. The van der Waals surface area contributed by atoms with Crippen LogP contribution in [0.3, 0.4) is 0 Å². The Labute approximate surface area is 219 Å². The highest BCUT2D eigenvalue weighted by Gasteiger charge is 2.38. The van der Waals surface area contributed by atoms with Gasteiger partial charge in [0.25, 0.3) is 0 Å². The lowest BCUT2D eigenvalue weighted by Gasteiger charge is -2.26. The number of methoxy groups -OCH3 is 5. The highest BCUT2D eigenvalue weighted by molar-refractivity contribution is 6.15. The van der Waals surface area contributed by atoms with Crippen LogP contribution < -0.4 is 33.2 Å². The first kappa shape index (κ1) is 25.0. The van der Waals surface area contributed by atoms with Gasteiger partial charge in [-0.25, -0.2) is 0 Å². The van der Waals surface area contributed by atoms with E-state index in [2.05, 4.69) is 0 Å². The second-order valence-electron chi connectivity index (χ2n) is 8.60. The standard InChI is InChI=1S/C29H26O9/c1-32-19-8-6-16(13-21(19)33-2)18-14-25(30)37-20-9-7-17-27(31)22(38-28(17)26(18)20)10-15-11-23(34-3)29(36-5)24(12-15)35-4/h6-13,18H,14H2,1-5H3/b22-10-. The van der Waals surface area contributed by atoms with Crippen molar-refractivity contribution in [2.24, 2.45) is 0 Å². The number of rotatable bonds is 7. The van der Waals surface area contributed by atoms with Gasteiger partial charge in [0.15, 0.2) is 28.8 Å². The molecule has 3 aromatic rings. The van der Waals surface area contributed by atoms with Gasteiger partial charge in [0.2, 0.25) is 11.5 Å². The highest BCUT2D eigenvalue weighted by Crippen LogP contribution is 2.50. The van der Waals surface area contributed by atoms with E-state index in [1.165, 1.54) is 21.3 Å². The minimum Gasteiger partial charge on any atom is -0.493 e. The zero-order valence-electron chi connectivity index (χ0n) is 21.6. The van der Waals surface area contributed by atoms with E-state index in [9.17, 15) is 9.59 Å². The Morgan fingerprint density at radius 3 is 2.08 bits per heavy atom. The molecule has 1 unspecified atom stereocenters. The summed E-state index contributed by atoms with van der Waals surface area (Å²) in [6, 6.07) is 12.1. The van der Waals surface area contributed by atoms with Crippen molar-refractivity contribution in [3.05, 3.63) is 70.5 Å². The van der Waals surface area contributed by atoms with Crippen LogP contribution in [0.4, 0.5) is 0 Å². The van der Waals surface area contributed by atoms with Crippen LogP contribution in [-0.4, -0.2) is 47.3 Å². The Balaban J connectivity index is 1.59. The fourth-order valence-corrected chi connectivity index (χ4v) is 4.80. The van der Waals surface area contributed by atoms with Crippen LogP contribution in [0.5, 0.6) is 40.2 Å². The van der Waals surface area contributed by atoms with Crippen molar-refractivity contribution in [1.29, 1.82) is 0 Å². The summed E-state index contributed by atoms with van der Waals surface area (Å²) in [6.07, 6.45) is 1.68. The van der Waals surface area contributed by atoms with Crippen molar-refractivity contribution >= 4 is 17.8 Å². The molecule has 2 aliphatic heterocycles. The van der Waals surface area contributed by atoms with Crippen molar-refractivity contribution in [2.75, 3.05) is 35.5 Å². The van der Waals surface area contributed by atoms with Crippen molar-refractivity contribution in [3.8, 4) is 40.2 Å². The quantitative estimate of drug-likeness (QED) is 0.248. The van der Waals surface area contributed by atoms with Crippen molar-refractivity contribution in [3.63, 3.8) is 0 Å². The van der Waals surface area contributed by atoms with E-state index in [0.29, 0.717) is 56.9 Å². The Morgan fingerprint density at radius 2 is 1.45 bits per heavy atom. The predicted molar refractivity (Wildman–Crippen MR) is 137 cm³/mol. The third-order valence-electron chi connectivity index (χ3n) is 6.57. The lowest BCUT2D eigenvalue weighted by Crippen LogP contribution is -2.21. The Kier molecular flexibility index (Phi) is 6.59. The monoisotopic (exact) mass is 518 g/mol. The molecule has 0 aromatic heterocycles. The molecule has 0 saturated carbocycles. The number of Topliss-reactive ketones (excluding diaryl/α,β-unsaturated/α-hetero) is 1. The lowest BCUT2D eigenvalue weighted by molar-refractivity contribution is -0.135. The molecule has 0 aliphatic carbocycles. The molecule has 0 bridgehead atoms. The molecule has 196 valence electrons. The first-order valence-electron chi connectivity index (χ1n) is 11.8. The van der Waals surface area contributed by atoms with Gasteiger partial charge in [0.1, 0.15) is 11.5 Å². The van der Waals surface area contributed by atoms with Gasteiger partial charge in [-0.15, -0.1) is 0 Å². The Hall–Kier alpha value is -4.66. The summed E-state index contributed by atoms with van der Waals surface area (Å²) < 4.78 is 38.8. The van der Waals surface area contributed by atoms with Gasteiger partial charge in [-0.2, -0.15) is 0 Å². The number of fused-ring (bicyclic) bond motifs is 3. The van der Waals surface area contributed by atoms with Gasteiger partial charge in [0.05, 0.1) is 47.5 Å². The number of carbonyl (C=O) groups excluding carboxylic acids is 2. The molecule has 0 saturated heterocycles. The fraction of sp³-hybridized carbons (Fsp3) is 0.241. The third-order valence-corrected chi connectivity index (χ3v) is 6.57. The molecule has 0 spiro atoms. The van der Waals surface area contributed by atoms with Gasteiger partial charge in [-0.05, 0) is 53.6 Å². The minimum atomic E-state index is -0.422. The van der Waals surface area contributed by atoms with Gasteiger partial charge < -0.3 is 33.2 Å². The molecule has 0 N–H and O–H groups in total. The average Bonchev–Trinajstić information content (AvgIpc) is 3.25. The van der Waals surface area contributed by atoms with Gasteiger partial charge >= 0.3 is 5.97 Å². The summed E-state index contributed by atoms with van der Waals surface area (Å²) in [5.41, 5.74) is 2.42. The van der Waals surface area contributed by atoms with Crippen LogP contribution in [0, 0.1) is 0 Å². The molecule has 5 rings (SSSR count). The average molecular weight is 519 g/mol. The summed E-state index contributed by atoms with van der Waals surface area (Å²) in [5, 5.41) is 0. The van der Waals surface area contributed by atoms with E-state index in [4.69, 9.17) is 33.2 Å². The molecular weight excluding hydrogens is 492 g/mol. The summed E-state index contributed by atoms with van der Waals surface area (Å²) in [7, 11) is 7.65. The number of esters is 1. The van der Waals surface area contributed by atoms with E-state index < -0.39 is 5.92 Å². The summed E-state index contributed by atoms with van der Waals surface area (Å²) in [5.74, 6) is 2.15. The molecule has 0 fully saturated rings. The Bertz CT molecular complexity index is 1450. The minimum absolute atomic E-state index is 0.0718. The first-order valence-corrected chi connectivity index (χ1v) is 11.8. The van der Waals surface area contributed by atoms with Crippen molar-refractivity contribution < 1.29 is 42.7 Å². The number of ether oxygens (including phenoxy) is 7. The summed E-state index contributed by atoms with van der Waals surface area (Å²) in [4.78, 5) is 25.9. The van der Waals surface area contributed by atoms with Crippen LogP contribution >= 0.6 is 0 Å². The van der Waals surface area contributed by atoms with Crippen LogP contribution in [0.2, 0.25) is 0 Å². The largest absolute Gasteiger partial charge is 0.493 e. The number of carbonyl (C=O) groups is 2.